The third-order valence-electron chi connectivity index (χ3n) is 7.43. The van der Waals surface area contributed by atoms with Crippen LogP contribution in [0.5, 0.6) is 0 Å². The fourth-order valence-corrected chi connectivity index (χ4v) is 5.78. The number of carbonyl (C=O) groups is 1. The molecule has 0 radical (unpaired) electrons. The SMILES string of the molecule is COC(=O)c1ccc2c(c1)nc(-c1cccc3[nH]c(=S)n(Cc4ccccc4)c13)n2CCC1=CCCCC1. The number of nitrogens with one attached hydrogen (secondary N) is 1. The number of para-hydroxylation sites is 1. The molecule has 0 unspecified atom stereocenters. The van der Waals surface area contributed by atoms with E-state index in [2.05, 4.69) is 44.5 Å². The van der Waals surface area contributed by atoms with Crippen molar-refractivity contribution in [2.45, 2.75) is 45.2 Å². The van der Waals surface area contributed by atoms with Crippen LogP contribution in [0, 0.1) is 4.77 Å². The Morgan fingerprint density at radius 3 is 2.71 bits per heavy atom. The highest BCUT2D eigenvalue weighted by molar-refractivity contribution is 7.71. The molecule has 0 fully saturated rings. The zero-order valence-corrected chi connectivity index (χ0v) is 22.3. The van der Waals surface area contributed by atoms with Crippen molar-refractivity contribution >= 4 is 40.3 Å². The van der Waals surface area contributed by atoms with Gasteiger partial charge in [-0.05, 0) is 80.2 Å². The van der Waals surface area contributed by atoms with Gasteiger partial charge < -0.3 is 18.9 Å². The van der Waals surface area contributed by atoms with Crippen molar-refractivity contribution in [2.24, 2.45) is 0 Å². The lowest BCUT2D eigenvalue weighted by Crippen LogP contribution is -2.06. The normalized spacial score (nSPS) is 13.7. The smallest absolute Gasteiger partial charge is 0.337 e. The first-order valence-electron chi connectivity index (χ1n) is 13.1. The first-order chi connectivity index (χ1) is 18.6. The number of hydrogen-bond acceptors (Lipinski definition) is 4. The summed E-state index contributed by atoms with van der Waals surface area (Å²) in [6.07, 6.45) is 8.25. The molecule has 0 amide bonds. The molecular formula is C31H30N4O2S. The zero-order valence-electron chi connectivity index (χ0n) is 21.4. The molecule has 0 saturated carbocycles. The molecule has 0 spiro atoms. The molecule has 1 aliphatic carbocycles. The Balaban J connectivity index is 1.52. The number of fused-ring (bicyclic) bond motifs is 2. The Labute approximate surface area is 226 Å². The summed E-state index contributed by atoms with van der Waals surface area (Å²) in [5.41, 5.74) is 8.00. The molecule has 3 aromatic carbocycles. The summed E-state index contributed by atoms with van der Waals surface area (Å²) in [6.45, 7) is 1.48. The van der Waals surface area contributed by atoms with Gasteiger partial charge in [0.05, 0.1) is 41.3 Å². The molecule has 0 aliphatic heterocycles. The number of esters is 1. The average Bonchev–Trinajstić information content (AvgIpc) is 3.48. The van der Waals surface area contributed by atoms with Gasteiger partial charge >= 0.3 is 5.97 Å². The van der Waals surface area contributed by atoms with Gasteiger partial charge in [0, 0.05) is 12.1 Å². The van der Waals surface area contributed by atoms with E-state index in [-0.39, 0.29) is 5.97 Å². The van der Waals surface area contributed by atoms with Crippen LogP contribution in [0.3, 0.4) is 0 Å². The van der Waals surface area contributed by atoms with Crippen molar-refractivity contribution in [3.05, 3.63) is 94.3 Å². The summed E-state index contributed by atoms with van der Waals surface area (Å²) in [5.74, 6) is 0.513. The molecule has 6 rings (SSSR count). The monoisotopic (exact) mass is 522 g/mol. The van der Waals surface area contributed by atoms with Crippen molar-refractivity contribution < 1.29 is 9.53 Å². The highest BCUT2D eigenvalue weighted by atomic mass is 32.1. The second-order valence-corrected chi connectivity index (χ2v) is 10.2. The summed E-state index contributed by atoms with van der Waals surface area (Å²) in [4.78, 5) is 20.8. The van der Waals surface area contributed by atoms with Crippen molar-refractivity contribution in [1.82, 2.24) is 19.1 Å². The number of hydrogen-bond donors (Lipinski definition) is 1. The average molecular weight is 523 g/mol. The van der Waals surface area contributed by atoms with E-state index in [0.717, 1.165) is 52.8 Å². The number of methoxy groups -OCH3 is 1. The van der Waals surface area contributed by atoms with Gasteiger partial charge in [-0.15, -0.1) is 0 Å². The van der Waals surface area contributed by atoms with E-state index in [4.69, 9.17) is 21.9 Å². The fraction of sp³-hybridized carbons (Fsp3) is 0.258. The molecule has 192 valence electrons. The number of nitrogens with zero attached hydrogens (tertiary/aromatic N) is 3. The van der Waals surface area contributed by atoms with Gasteiger partial charge in [0.2, 0.25) is 0 Å². The van der Waals surface area contributed by atoms with Crippen molar-refractivity contribution in [1.29, 1.82) is 0 Å². The molecule has 7 heteroatoms. The van der Waals surface area contributed by atoms with Gasteiger partial charge in [0.1, 0.15) is 5.82 Å². The van der Waals surface area contributed by atoms with Gasteiger partial charge in [-0.3, -0.25) is 0 Å². The Bertz CT molecular complexity index is 1730. The molecule has 0 atom stereocenters. The summed E-state index contributed by atoms with van der Waals surface area (Å²) < 4.78 is 10.1. The fourth-order valence-electron chi connectivity index (χ4n) is 5.51. The Morgan fingerprint density at radius 1 is 1.05 bits per heavy atom. The van der Waals surface area contributed by atoms with Gasteiger partial charge in [-0.2, -0.15) is 0 Å². The first-order valence-corrected chi connectivity index (χ1v) is 13.6. The quantitative estimate of drug-likeness (QED) is 0.137. The van der Waals surface area contributed by atoms with Crippen LogP contribution >= 0.6 is 12.2 Å². The van der Waals surface area contributed by atoms with E-state index < -0.39 is 0 Å². The molecule has 1 N–H and O–H groups in total. The van der Waals surface area contributed by atoms with E-state index in [1.54, 1.807) is 0 Å². The molecule has 0 saturated heterocycles. The highest BCUT2D eigenvalue weighted by Crippen LogP contribution is 2.33. The lowest BCUT2D eigenvalue weighted by molar-refractivity contribution is 0.0601. The summed E-state index contributed by atoms with van der Waals surface area (Å²) in [6, 6.07) is 22.2. The van der Waals surface area contributed by atoms with Gasteiger partial charge in [-0.25, -0.2) is 9.78 Å². The Kier molecular flexibility index (Phi) is 6.68. The van der Waals surface area contributed by atoms with E-state index >= 15 is 0 Å². The van der Waals surface area contributed by atoms with Crippen LogP contribution in [-0.4, -0.2) is 32.2 Å². The van der Waals surface area contributed by atoms with E-state index in [9.17, 15) is 4.79 Å². The number of imidazole rings is 2. The Hall–Kier alpha value is -3.97. The molecule has 1 aliphatic rings. The van der Waals surface area contributed by atoms with Crippen LogP contribution < -0.4 is 0 Å². The number of rotatable bonds is 7. The lowest BCUT2D eigenvalue weighted by Gasteiger charge is -2.16. The zero-order chi connectivity index (χ0) is 26.1. The predicted molar refractivity (Wildman–Crippen MR) is 154 cm³/mol. The largest absolute Gasteiger partial charge is 0.465 e. The van der Waals surface area contributed by atoms with Gasteiger partial charge in [-0.1, -0.05) is 48.0 Å². The number of aryl methyl sites for hydroxylation is 1. The first kappa shape index (κ1) is 24.4. The minimum atomic E-state index is -0.362. The summed E-state index contributed by atoms with van der Waals surface area (Å²) >= 11 is 5.78. The molecular weight excluding hydrogens is 492 g/mol. The van der Waals surface area contributed by atoms with E-state index in [0.29, 0.717) is 16.9 Å². The van der Waals surface area contributed by atoms with Crippen LogP contribution in [0.1, 0.15) is 48.0 Å². The molecule has 2 heterocycles. The van der Waals surface area contributed by atoms with Gasteiger partial charge in [0.15, 0.2) is 4.77 Å². The molecule has 38 heavy (non-hydrogen) atoms. The van der Waals surface area contributed by atoms with Crippen LogP contribution in [0.25, 0.3) is 33.5 Å². The predicted octanol–water partition coefficient (Wildman–Crippen LogP) is 7.44. The molecule has 5 aromatic rings. The molecule has 0 bridgehead atoms. The third-order valence-corrected chi connectivity index (χ3v) is 7.75. The maximum Gasteiger partial charge on any atom is 0.337 e. The number of benzene rings is 3. The summed E-state index contributed by atoms with van der Waals surface area (Å²) in [5, 5.41) is 0. The van der Waals surface area contributed by atoms with E-state index in [1.165, 1.54) is 37.5 Å². The van der Waals surface area contributed by atoms with Crippen LogP contribution in [0.15, 0.2) is 78.4 Å². The number of aromatic nitrogens is 4. The third kappa shape index (κ3) is 4.58. The van der Waals surface area contributed by atoms with Crippen molar-refractivity contribution in [3.63, 3.8) is 0 Å². The van der Waals surface area contributed by atoms with Crippen LogP contribution in [-0.2, 0) is 17.8 Å². The summed E-state index contributed by atoms with van der Waals surface area (Å²) in [7, 11) is 1.40. The maximum atomic E-state index is 12.3. The number of ether oxygens (including phenoxy) is 1. The van der Waals surface area contributed by atoms with Crippen molar-refractivity contribution in [3.8, 4) is 11.4 Å². The second kappa shape index (κ2) is 10.4. The molecule has 6 nitrogen and oxygen atoms in total. The minimum absolute atomic E-state index is 0.362. The van der Waals surface area contributed by atoms with E-state index in [1.807, 2.05) is 42.5 Å². The standard InChI is InChI=1S/C31H30N4O2S/c1-37-30(36)23-15-16-27-26(19-23)32-29(34(27)18-17-21-9-4-2-5-10-21)24-13-8-14-25-28(24)35(31(38)33-25)20-22-11-6-3-7-12-22/h3,6-9,11-16,19H,2,4-5,10,17-18,20H2,1H3,(H,33,38). The Morgan fingerprint density at radius 2 is 1.92 bits per heavy atom. The maximum absolute atomic E-state index is 12.3. The number of aromatic amines is 1. The van der Waals surface area contributed by atoms with Crippen LogP contribution in [0.4, 0.5) is 0 Å². The second-order valence-electron chi connectivity index (χ2n) is 9.84. The van der Waals surface area contributed by atoms with Crippen molar-refractivity contribution in [2.75, 3.05) is 7.11 Å². The van der Waals surface area contributed by atoms with Crippen LogP contribution in [0.2, 0.25) is 0 Å². The lowest BCUT2D eigenvalue weighted by atomic mass is 9.97. The number of H-pyrrole nitrogens is 1. The minimum Gasteiger partial charge on any atom is -0.465 e. The highest BCUT2D eigenvalue weighted by Gasteiger charge is 2.20. The van der Waals surface area contributed by atoms with Gasteiger partial charge in [0.25, 0.3) is 0 Å². The topological polar surface area (TPSA) is 64.8 Å². The number of allylic oxidation sites excluding steroid dienone is 2. The number of carbonyl (C=O) groups excluding carboxylic acids is 1. The molecule has 2 aromatic heterocycles.